The number of benzene rings is 1. The van der Waals surface area contributed by atoms with Crippen molar-refractivity contribution in [2.45, 2.75) is 38.8 Å². The van der Waals surface area contributed by atoms with Gasteiger partial charge in [0.05, 0.1) is 6.04 Å². The van der Waals surface area contributed by atoms with Gasteiger partial charge in [-0.15, -0.1) is 12.4 Å². The highest BCUT2D eigenvalue weighted by molar-refractivity contribution is 5.85. The molecule has 23 heavy (non-hydrogen) atoms. The van der Waals surface area contributed by atoms with Crippen molar-refractivity contribution in [3.05, 3.63) is 29.8 Å². The van der Waals surface area contributed by atoms with E-state index in [2.05, 4.69) is 15.4 Å². The Morgan fingerprint density at radius 1 is 1.48 bits per heavy atom. The summed E-state index contributed by atoms with van der Waals surface area (Å²) in [4.78, 5) is 12.0. The highest BCUT2D eigenvalue weighted by Crippen LogP contribution is 2.21. The summed E-state index contributed by atoms with van der Waals surface area (Å²) in [5, 5.41) is 6.18. The van der Waals surface area contributed by atoms with Crippen LogP contribution in [-0.2, 0) is 4.79 Å². The number of hydrogen-bond donors (Lipinski definition) is 2. The number of nitrogens with one attached hydrogen (secondary N) is 2. The molecule has 1 aliphatic heterocycles. The molecule has 0 saturated carbocycles. The standard InChI is InChI=1S/C16H22F2N2O2.ClH/c1-11(13-3-2-4-14(9-13)22-16(17)18)20-15(21)6-5-12-7-8-19-10-12;/h2-4,9,11-12,16,19H,5-8,10H2,1H3,(H,20,21);1H. The van der Waals surface area contributed by atoms with Crippen molar-refractivity contribution in [1.29, 1.82) is 0 Å². The number of carbonyl (C=O) groups is 1. The smallest absolute Gasteiger partial charge is 0.387 e. The van der Waals surface area contributed by atoms with Crippen molar-refractivity contribution in [2.75, 3.05) is 13.1 Å². The maximum Gasteiger partial charge on any atom is 0.387 e. The lowest BCUT2D eigenvalue weighted by Gasteiger charge is -2.16. The molecule has 130 valence electrons. The maximum absolute atomic E-state index is 12.2. The molecule has 0 bridgehead atoms. The zero-order valence-corrected chi connectivity index (χ0v) is 13.9. The summed E-state index contributed by atoms with van der Waals surface area (Å²) in [6, 6.07) is 6.18. The van der Waals surface area contributed by atoms with Gasteiger partial charge in [-0.2, -0.15) is 8.78 Å². The number of amides is 1. The molecule has 1 aliphatic rings. The number of hydrogen-bond acceptors (Lipinski definition) is 3. The molecule has 2 unspecified atom stereocenters. The van der Waals surface area contributed by atoms with Crippen molar-refractivity contribution in [3.8, 4) is 5.75 Å². The fraction of sp³-hybridized carbons (Fsp3) is 0.562. The molecule has 0 aliphatic carbocycles. The van der Waals surface area contributed by atoms with E-state index in [0.29, 0.717) is 12.3 Å². The fourth-order valence-electron chi connectivity index (χ4n) is 2.65. The van der Waals surface area contributed by atoms with Crippen molar-refractivity contribution in [2.24, 2.45) is 5.92 Å². The van der Waals surface area contributed by atoms with Crippen LogP contribution in [0, 0.1) is 5.92 Å². The van der Waals surface area contributed by atoms with E-state index in [1.165, 1.54) is 12.1 Å². The number of rotatable bonds is 7. The second kappa shape index (κ2) is 9.67. The van der Waals surface area contributed by atoms with E-state index in [4.69, 9.17) is 0 Å². The summed E-state index contributed by atoms with van der Waals surface area (Å²) in [6.07, 6.45) is 2.49. The van der Waals surface area contributed by atoms with E-state index < -0.39 is 6.61 Å². The predicted molar refractivity (Wildman–Crippen MR) is 87.1 cm³/mol. The minimum absolute atomic E-state index is 0. The Hall–Kier alpha value is -1.40. The summed E-state index contributed by atoms with van der Waals surface area (Å²) < 4.78 is 28.8. The summed E-state index contributed by atoms with van der Waals surface area (Å²) in [5.74, 6) is 0.661. The number of alkyl halides is 2. The highest BCUT2D eigenvalue weighted by atomic mass is 35.5. The van der Waals surface area contributed by atoms with Crippen LogP contribution in [0.5, 0.6) is 5.75 Å². The third kappa shape index (κ3) is 6.71. The van der Waals surface area contributed by atoms with Gasteiger partial charge in [0.1, 0.15) is 5.75 Å². The van der Waals surface area contributed by atoms with E-state index in [1.54, 1.807) is 12.1 Å². The van der Waals surface area contributed by atoms with Gasteiger partial charge in [-0.1, -0.05) is 12.1 Å². The minimum Gasteiger partial charge on any atom is -0.435 e. The SMILES string of the molecule is CC(NC(=O)CCC1CCNC1)c1cccc(OC(F)F)c1.Cl. The van der Waals surface area contributed by atoms with Crippen LogP contribution in [0.1, 0.15) is 37.8 Å². The van der Waals surface area contributed by atoms with Crippen LogP contribution in [0.15, 0.2) is 24.3 Å². The molecule has 2 atom stereocenters. The summed E-state index contributed by atoms with van der Waals surface area (Å²) >= 11 is 0. The number of carbonyl (C=O) groups excluding carboxylic acids is 1. The summed E-state index contributed by atoms with van der Waals surface area (Å²) in [7, 11) is 0. The zero-order valence-electron chi connectivity index (χ0n) is 13.1. The van der Waals surface area contributed by atoms with E-state index in [-0.39, 0.29) is 30.1 Å². The normalized spacial score (nSPS) is 18.3. The van der Waals surface area contributed by atoms with Crippen molar-refractivity contribution in [1.82, 2.24) is 10.6 Å². The molecule has 1 aromatic carbocycles. The molecule has 1 aromatic rings. The van der Waals surface area contributed by atoms with Gasteiger partial charge in [0.15, 0.2) is 0 Å². The zero-order chi connectivity index (χ0) is 15.9. The Morgan fingerprint density at radius 3 is 2.91 bits per heavy atom. The molecule has 7 heteroatoms. The first-order chi connectivity index (χ1) is 10.5. The minimum atomic E-state index is -2.85. The molecular weight excluding hydrogens is 326 g/mol. The number of ether oxygens (including phenoxy) is 1. The topological polar surface area (TPSA) is 50.4 Å². The monoisotopic (exact) mass is 348 g/mol. The average molecular weight is 349 g/mol. The molecule has 1 heterocycles. The Balaban J connectivity index is 0.00000264. The van der Waals surface area contributed by atoms with Crippen molar-refractivity contribution >= 4 is 18.3 Å². The van der Waals surface area contributed by atoms with Crippen LogP contribution in [0.25, 0.3) is 0 Å². The van der Waals surface area contributed by atoms with Gasteiger partial charge in [-0.25, -0.2) is 0 Å². The van der Waals surface area contributed by atoms with Gasteiger partial charge >= 0.3 is 6.61 Å². The molecule has 2 N–H and O–H groups in total. The second-order valence-corrected chi connectivity index (χ2v) is 5.64. The first-order valence-electron chi connectivity index (χ1n) is 7.59. The van der Waals surface area contributed by atoms with Gasteiger partial charge in [0.2, 0.25) is 5.91 Å². The van der Waals surface area contributed by atoms with Crippen molar-refractivity contribution < 1.29 is 18.3 Å². The predicted octanol–water partition coefficient (Wildman–Crippen LogP) is 3.28. The maximum atomic E-state index is 12.2. The molecule has 0 radical (unpaired) electrons. The van der Waals surface area contributed by atoms with E-state index in [0.717, 1.165) is 31.5 Å². The second-order valence-electron chi connectivity index (χ2n) is 5.64. The molecule has 1 amide bonds. The van der Waals surface area contributed by atoms with Gasteiger partial charge in [0.25, 0.3) is 0 Å². The van der Waals surface area contributed by atoms with Crippen LogP contribution in [0.4, 0.5) is 8.78 Å². The Bertz CT molecular complexity index is 497. The summed E-state index contributed by atoms with van der Waals surface area (Å²) in [5.41, 5.74) is 0.744. The van der Waals surface area contributed by atoms with E-state index in [9.17, 15) is 13.6 Å². The van der Waals surface area contributed by atoms with Crippen LogP contribution < -0.4 is 15.4 Å². The van der Waals surface area contributed by atoms with Gasteiger partial charge < -0.3 is 15.4 Å². The van der Waals surface area contributed by atoms with Crippen LogP contribution in [0.3, 0.4) is 0 Å². The summed E-state index contributed by atoms with van der Waals surface area (Å²) in [6.45, 7) is 0.992. The van der Waals surface area contributed by atoms with Gasteiger partial charge in [-0.05, 0) is 56.5 Å². The van der Waals surface area contributed by atoms with Crippen molar-refractivity contribution in [3.63, 3.8) is 0 Å². The fourth-order valence-corrected chi connectivity index (χ4v) is 2.65. The molecule has 0 spiro atoms. The van der Waals surface area contributed by atoms with Crippen LogP contribution in [-0.4, -0.2) is 25.6 Å². The quantitative estimate of drug-likeness (QED) is 0.795. The molecular formula is C16H23ClF2N2O2. The third-order valence-corrected chi connectivity index (χ3v) is 3.90. The molecule has 0 aromatic heterocycles. The van der Waals surface area contributed by atoms with Crippen LogP contribution in [0.2, 0.25) is 0 Å². The van der Waals surface area contributed by atoms with Crippen LogP contribution >= 0.6 is 12.4 Å². The number of halogens is 3. The molecule has 1 saturated heterocycles. The third-order valence-electron chi connectivity index (χ3n) is 3.90. The first kappa shape index (κ1) is 19.6. The van der Waals surface area contributed by atoms with Gasteiger partial charge in [-0.3, -0.25) is 4.79 Å². The molecule has 1 fully saturated rings. The first-order valence-corrected chi connectivity index (χ1v) is 7.59. The lowest BCUT2D eigenvalue weighted by molar-refractivity contribution is -0.122. The van der Waals surface area contributed by atoms with E-state index >= 15 is 0 Å². The Labute approximate surface area is 141 Å². The lowest BCUT2D eigenvalue weighted by Crippen LogP contribution is -2.27. The lowest BCUT2D eigenvalue weighted by atomic mass is 10.0. The largest absolute Gasteiger partial charge is 0.435 e. The molecule has 4 nitrogen and oxygen atoms in total. The molecule has 2 rings (SSSR count). The van der Waals surface area contributed by atoms with Gasteiger partial charge in [0, 0.05) is 6.42 Å². The average Bonchev–Trinajstić information content (AvgIpc) is 2.98. The Kier molecular flexibility index (Phi) is 8.26. The highest BCUT2D eigenvalue weighted by Gasteiger charge is 2.17. The van der Waals surface area contributed by atoms with E-state index in [1.807, 2.05) is 6.92 Å². The Morgan fingerprint density at radius 2 is 2.26 bits per heavy atom.